The van der Waals surface area contributed by atoms with E-state index in [2.05, 4.69) is 0 Å². The van der Waals surface area contributed by atoms with Crippen molar-refractivity contribution in [2.24, 2.45) is 11.8 Å². The Morgan fingerprint density at radius 3 is 2.28 bits per heavy atom. The number of allylic oxidation sites excluding steroid dienone is 1. The first kappa shape index (κ1) is 21.0. The molecule has 168 valence electrons. The second-order valence-electron chi connectivity index (χ2n) is 9.18. The summed E-state index contributed by atoms with van der Waals surface area (Å²) >= 11 is 0. The van der Waals surface area contributed by atoms with Gasteiger partial charge in [-0.2, -0.15) is 4.39 Å². The fraction of sp³-hybridized carbons (Fsp3) is 0.423. The van der Waals surface area contributed by atoms with Crippen molar-refractivity contribution in [3.63, 3.8) is 0 Å². The van der Waals surface area contributed by atoms with Crippen LogP contribution in [0.2, 0.25) is 0 Å². The highest BCUT2D eigenvalue weighted by Gasteiger charge is 2.59. The molecular weight excluding hydrogens is 411 g/mol. The molecule has 6 heteroatoms. The lowest BCUT2D eigenvalue weighted by Gasteiger charge is -2.19. The first-order chi connectivity index (χ1) is 15.2. The number of carbonyl (C=O) groups is 1. The van der Waals surface area contributed by atoms with E-state index >= 15 is 0 Å². The van der Waals surface area contributed by atoms with E-state index < -0.39 is 5.85 Å². The number of ether oxygens (including phenoxy) is 3. The lowest BCUT2D eigenvalue weighted by atomic mass is 9.80. The fourth-order valence-corrected chi connectivity index (χ4v) is 5.24. The molecule has 0 amide bonds. The zero-order valence-corrected chi connectivity index (χ0v) is 18.4. The molecule has 1 aliphatic carbocycles. The molecule has 5 rings (SSSR count). The van der Waals surface area contributed by atoms with Crippen molar-refractivity contribution in [2.45, 2.75) is 58.1 Å². The Bertz CT molecular complexity index is 1080. The van der Waals surface area contributed by atoms with Gasteiger partial charge in [0.2, 0.25) is 5.85 Å². The quantitative estimate of drug-likeness (QED) is 0.620. The molecule has 2 heterocycles. The molecule has 5 nitrogen and oxygen atoms in total. The normalized spacial score (nSPS) is 26.6. The molecule has 0 radical (unpaired) electrons. The van der Waals surface area contributed by atoms with Crippen LogP contribution in [-0.2, 0) is 16.0 Å². The number of halogens is 1. The average molecular weight is 438 g/mol. The van der Waals surface area contributed by atoms with Crippen LogP contribution in [0.3, 0.4) is 0 Å². The molecule has 2 bridgehead atoms. The Balaban J connectivity index is 1.43. The fourth-order valence-electron chi connectivity index (χ4n) is 5.24. The standard InChI is InChI=1S/C26H27FO5/c1-4-14-5-6-17(30-15-7-9-16(10-8-15)32-26(2,3)27)13-18(14)21-24(28)22-19-11-12-20(31-19)23(22)25(21)29/h5-10,13,19-20,22-23,28H,4,11-12H2,1-3H3/t19-,20+,22-,23+/m1/s1. The number of ketones is 1. The number of aryl methyl sites for hydroxylation is 1. The SMILES string of the molecule is CCc1ccc(Oc2ccc(OC(C)(C)F)cc2)cc1C1=C(O)[C@H]2[C@@H](C1=O)[C@@H]1CC[C@H]2O1. The summed E-state index contributed by atoms with van der Waals surface area (Å²) in [6.07, 6.45) is 2.34. The highest BCUT2D eigenvalue weighted by Crippen LogP contribution is 2.54. The van der Waals surface area contributed by atoms with Crippen LogP contribution < -0.4 is 9.47 Å². The van der Waals surface area contributed by atoms with Gasteiger partial charge in [0.1, 0.15) is 23.0 Å². The summed E-state index contributed by atoms with van der Waals surface area (Å²) in [7, 11) is 0. The summed E-state index contributed by atoms with van der Waals surface area (Å²) in [6, 6.07) is 12.3. The monoisotopic (exact) mass is 438 g/mol. The van der Waals surface area contributed by atoms with Gasteiger partial charge in [-0.05, 0) is 66.8 Å². The molecule has 2 fully saturated rings. The van der Waals surface area contributed by atoms with Crippen LogP contribution in [0.4, 0.5) is 4.39 Å². The van der Waals surface area contributed by atoms with E-state index in [0.717, 1.165) is 30.4 Å². The predicted molar refractivity (Wildman–Crippen MR) is 118 cm³/mol. The maximum Gasteiger partial charge on any atom is 0.242 e. The van der Waals surface area contributed by atoms with Crippen LogP contribution >= 0.6 is 0 Å². The number of hydrogen-bond donors (Lipinski definition) is 1. The van der Waals surface area contributed by atoms with Gasteiger partial charge in [-0.25, -0.2) is 0 Å². The van der Waals surface area contributed by atoms with Gasteiger partial charge in [-0.1, -0.05) is 13.0 Å². The number of benzene rings is 2. The molecular formula is C26H27FO5. The molecule has 32 heavy (non-hydrogen) atoms. The van der Waals surface area contributed by atoms with E-state index in [-0.39, 0.29) is 35.6 Å². The number of Topliss-reactive ketones (excluding diaryl/α,β-unsaturated/α-hetero) is 1. The Kier molecular flexibility index (Phi) is 5.01. The van der Waals surface area contributed by atoms with E-state index in [0.29, 0.717) is 22.8 Å². The van der Waals surface area contributed by atoms with Crippen LogP contribution in [0.25, 0.3) is 5.57 Å². The Labute approximate surface area is 186 Å². The number of aliphatic hydroxyl groups is 1. The van der Waals surface area contributed by atoms with Gasteiger partial charge >= 0.3 is 0 Å². The molecule has 2 saturated heterocycles. The van der Waals surface area contributed by atoms with Crippen LogP contribution in [-0.4, -0.2) is 29.0 Å². The number of hydrogen-bond acceptors (Lipinski definition) is 5. The van der Waals surface area contributed by atoms with E-state index in [1.165, 1.54) is 13.8 Å². The van der Waals surface area contributed by atoms with Gasteiger partial charge in [-0.3, -0.25) is 4.79 Å². The zero-order chi connectivity index (χ0) is 22.6. The molecule has 0 spiro atoms. The van der Waals surface area contributed by atoms with Crippen molar-refractivity contribution >= 4 is 11.4 Å². The van der Waals surface area contributed by atoms with Crippen molar-refractivity contribution < 1.29 is 28.5 Å². The average Bonchev–Trinajstić information content (AvgIpc) is 3.42. The van der Waals surface area contributed by atoms with Crippen LogP contribution in [0, 0.1) is 11.8 Å². The van der Waals surface area contributed by atoms with Crippen molar-refractivity contribution in [1.82, 2.24) is 0 Å². The zero-order valence-electron chi connectivity index (χ0n) is 18.4. The first-order valence-corrected chi connectivity index (χ1v) is 11.2. The third kappa shape index (κ3) is 3.56. The summed E-state index contributed by atoms with van der Waals surface area (Å²) in [6.45, 7) is 4.71. The van der Waals surface area contributed by atoms with Gasteiger partial charge in [0.05, 0.1) is 29.6 Å². The molecule has 2 aromatic rings. The highest BCUT2D eigenvalue weighted by atomic mass is 19.2. The van der Waals surface area contributed by atoms with Gasteiger partial charge in [0.25, 0.3) is 0 Å². The Morgan fingerprint density at radius 2 is 1.66 bits per heavy atom. The van der Waals surface area contributed by atoms with Gasteiger partial charge in [0.15, 0.2) is 5.78 Å². The number of rotatable bonds is 6. The summed E-state index contributed by atoms with van der Waals surface area (Å²) in [5.41, 5.74) is 2.12. The van der Waals surface area contributed by atoms with Gasteiger partial charge < -0.3 is 19.3 Å². The summed E-state index contributed by atoms with van der Waals surface area (Å²) in [4.78, 5) is 13.3. The minimum atomic E-state index is -1.76. The van der Waals surface area contributed by atoms with Crippen LogP contribution in [0.1, 0.15) is 44.7 Å². The number of aliphatic hydroxyl groups excluding tert-OH is 1. The Hall–Kier alpha value is -2.86. The topological polar surface area (TPSA) is 65.0 Å². The van der Waals surface area contributed by atoms with E-state index in [4.69, 9.17) is 14.2 Å². The summed E-state index contributed by atoms with van der Waals surface area (Å²) in [5, 5.41) is 11.0. The van der Waals surface area contributed by atoms with Crippen LogP contribution in [0.15, 0.2) is 48.2 Å². The van der Waals surface area contributed by atoms with Crippen molar-refractivity contribution in [2.75, 3.05) is 0 Å². The molecule has 0 saturated carbocycles. The molecule has 0 aromatic heterocycles. The van der Waals surface area contributed by atoms with E-state index in [1.54, 1.807) is 24.3 Å². The summed E-state index contributed by atoms with van der Waals surface area (Å²) in [5.74, 6) is -0.606. The smallest absolute Gasteiger partial charge is 0.242 e. The number of fused-ring (bicyclic) bond motifs is 5. The molecule has 4 atom stereocenters. The number of carbonyl (C=O) groups excluding carboxylic acids is 1. The molecule has 0 unspecified atom stereocenters. The molecule has 2 aromatic carbocycles. The lowest BCUT2D eigenvalue weighted by molar-refractivity contribution is -0.118. The largest absolute Gasteiger partial charge is 0.511 e. The molecule has 2 aliphatic heterocycles. The lowest BCUT2D eigenvalue weighted by Crippen LogP contribution is -2.29. The van der Waals surface area contributed by atoms with Crippen LogP contribution in [0.5, 0.6) is 17.2 Å². The Morgan fingerprint density at radius 1 is 1.03 bits per heavy atom. The minimum absolute atomic E-state index is 0.0260. The number of alkyl halides is 1. The molecule has 1 N–H and O–H groups in total. The van der Waals surface area contributed by atoms with E-state index in [9.17, 15) is 14.3 Å². The first-order valence-electron chi connectivity index (χ1n) is 11.2. The molecule has 3 aliphatic rings. The second-order valence-corrected chi connectivity index (χ2v) is 9.18. The van der Waals surface area contributed by atoms with Gasteiger partial charge in [0, 0.05) is 13.8 Å². The maximum atomic E-state index is 13.7. The second kappa shape index (κ2) is 7.62. The highest BCUT2D eigenvalue weighted by molar-refractivity contribution is 6.25. The van der Waals surface area contributed by atoms with Crippen molar-refractivity contribution in [3.05, 3.63) is 59.4 Å². The predicted octanol–water partition coefficient (Wildman–Crippen LogP) is 5.77. The minimum Gasteiger partial charge on any atom is -0.511 e. The van der Waals surface area contributed by atoms with Crippen molar-refractivity contribution in [1.29, 1.82) is 0 Å². The van der Waals surface area contributed by atoms with E-state index in [1.807, 2.05) is 25.1 Å². The van der Waals surface area contributed by atoms with Gasteiger partial charge in [-0.15, -0.1) is 0 Å². The maximum absolute atomic E-state index is 13.7. The summed E-state index contributed by atoms with van der Waals surface area (Å²) < 4.78 is 30.8. The third-order valence-corrected chi connectivity index (χ3v) is 6.55. The third-order valence-electron chi connectivity index (χ3n) is 6.55. The van der Waals surface area contributed by atoms with Crippen molar-refractivity contribution in [3.8, 4) is 17.2 Å².